The molecule has 0 unspecified atom stereocenters. The zero-order chi connectivity index (χ0) is 12.1. The van der Waals surface area contributed by atoms with Crippen molar-refractivity contribution in [3.8, 4) is 0 Å². The smallest absolute Gasteiger partial charge is 0.0414 e. The maximum absolute atomic E-state index is 6.29. The highest BCUT2D eigenvalue weighted by molar-refractivity contribution is 5.55. The van der Waals surface area contributed by atoms with Gasteiger partial charge in [0.25, 0.3) is 0 Å². The number of hydrogen-bond donors (Lipinski definition) is 1. The molecule has 1 aliphatic heterocycles. The van der Waals surface area contributed by atoms with Crippen LogP contribution in [0.5, 0.6) is 0 Å². The van der Waals surface area contributed by atoms with E-state index in [1.54, 1.807) is 0 Å². The molecule has 0 bridgehead atoms. The fourth-order valence-corrected chi connectivity index (χ4v) is 2.69. The van der Waals surface area contributed by atoms with Gasteiger partial charge in [0.05, 0.1) is 0 Å². The molecular weight excluding hydrogens is 208 g/mol. The van der Waals surface area contributed by atoms with Crippen LogP contribution in [0.1, 0.15) is 50.6 Å². The lowest BCUT2D eigenvalue weighted by atomic mass is 9.99. The molecule has 2 nitrogen and oxygen atoms in total. The van der Waals surface area contributed by atoms with Crippen LogP contribution >= 0.6 is 0 Å². The molecule has 0 amide bonds. The van der Waals surface area contributed by atoms with E-state index in [2.05, 4.69) is 36.1 Å². The van der Waals surface area contributed by atoms with Crippen molar-refractivity contribution in [2.24, 2.45) is 5.73 Å². The van der Waals surface area contributed by atoms with E-state index in [4.69, 9.17) is 5.73 Å². The summed E-state index contributed by atoms with van der Waals surface area (Å²) in [6.07, 6.45) is 6.23. The Hall–Kier alpha value is -1.02. The summed E-state index contributed by atoms with van der Waals surface area (Å²) in [5, 5.41) is 0. The van der Waals surface area contributed by atoms with Gasteiger partial charge in [0, 0.05) is 24.8 Å². The van der Waals surface area contributed by atoms with E-state index < -0.39 is 0 Å². The summed E-state index contributed by atoms with van der Waals surface area (Å²) in [6.45, 7) is 4.58. The molecule has 1 aromatic carbocycles. The molecule has 1 heterocycles. The third-order valence-electron chi connectivity index (χ3n) is 3.63. The van der Waals surface area contributed by atoms with Gasteiger partial charge >= 0.3 is 0 Å². The molecule has 2 N–H and O–H groups in total. The second-order valence-electron chi connectivity index (χ2n) is 5.00. The third kappa shape index (κ3) is 3.01. The molecule has 0 spiro atoms. The number of piperidine rings is 1. The minimum Gasteiger partial charge on any atom is -0.371 e. The molecule has 0 saturated carbocycles. The van der Waals surface area contributed by atoms with Crippen LogP contribution in [0.4, 0.5) is 5.69 Å². The number of hydrogen-bond acceptors (Lipinski definition) is 2. The lowest BCUT2D eigenvalue weighted by Gasteiger charge is -2.31. The van der Waals surface area contributed by atoms with Gasteiger partial charge in [-0.3, -0.25) is 0 Å². The van der Waals surface area contributed by atoms with Crippen molar-refractivity contribution in [3.63, 3.8) is 0 Å². The number of nitrogens with two attached hydrogens (primary N) is 1. The Labute approximate surface area is 105 Å². The van der Waals surface area contributed by atoms with Crippen molar-refractivity contribution in [3.05, 3.63) is 29.8 Å². The zero-order valence-electron chi connectivity index (χ0n) is 10.9. The highest BCUT2D eigenvalue weighted by atomic mass is 15.1. The molecule has 0 aliphatic carbocycles. The van der Waals surface area contributed by atoms with Gasteiger partial charge in [-0.1, -0.05) is 31.5 Å². The van der Waals surface area contributed by atoms with Gasteiger partial charge in [0.15, 0.2) is 0 Å². The van der Waals surface area contributed by atoms with Crippen molar-refractivity contribution in [2.75, 3.05) is 18.0 Å². The molecule has 94 valence electrons. The lowest BCUT2D eigenvalue weighted by Crippen LogP contribution is -2.31. The normalized spacial score (nSPS) is 18.1. The van der Waals surface area contributed by atoms with Crippen LogP contribution in [0, 0.1) is 0 Å². The summed E-state index contributed by atoms with van der Waals surface area (Å²) in [7, 11) is 0. The molecule has 1 saturated heterocycles. The molecule has 0 radical (unpaired) electrons. The Morgan fingerprint density at radius 1 is 1.18 bits per heavy atom. The quantitative estimate of drug-likeness (QED) is 0.861. The summed E-state index contributed by atoms with van der Waals surface area (Å²) < 4.78 is 0. The zero-order valence-corrected chi connectivity index (χ0v) is 10.9. The predicted octanol–water partition coefficient (Wildman–Crippen LogP) is 3.48. The summed E-state index contributed by atoms with van der Waals surface area (Å²) in [6, 6.07) is 8.86. The standard InChI is InChI=1S/C15H24N2/c1-2-8-14(16)13-9-4-5-10-15(13)17-11-6-3-7-12-17/h4-5,9-10,14H,2-3,6-8,11-12,16H2,1H3/t14-/m0/s1. The van der Waals surface area contributed by atoms with Gasteiger partial charge in [-0.25, -0.2) is 0 Å². The summed E-state index contributed by atoms with van der Waals surface area (Å²) in [5.41, 5.74) is 8.98. The van der Waals surface area contributed by atoms with Crippen LogP contribution in [0.15, 0.2) is 24.3 Å². The Kier molecular flexibility index (Phi) is 4.43. The van der Waals surface area contributed by atoms with Crippen LogP contribution in [0.2, 0.25) is 0 Å². The molecule has 0 aromatic heterocycles. The lowest BCUT2D eigenvalue weighted by molar-refractivity contribution is 0.570. The second kappa shape index (κ2) is 6.06. The van der Waals surface area contributed by atoms with Crippen molar-refractivity contribution >= 4 is 5.69 Å². The van der Waals surface area contributed by atoms with Crippen LogP contribution in [-0.4, -0.2) is 13.1 Å². The van der Waals surface area contributed by atoms with Crippen molar-refractivity contribution in [1.29, 1.82) is 0 Å². The van der Waals surface area contributed by atoms with Gasteiger partial charge in [0.2, 0.25) is 0 Å². The minimum atomic E-state index is 0.193. The van der Waals surface area contributed by atoms with Crippen LogP contribution in [0.25, 0.3) is 0 Å². The highest BCUT2D eigenvalue weighted by Crippen LogP contribution is 2.29. The number of anilines is 1. The first-order valence-electron chi connectivity index (χ1n) is 6.92. The monoisotopic (exact) mass is 232 g/mol. The number of rotatable bonds is 4. The fraction of sp³-hybridized carbons (Fsp3) is 0.600. The average molecular weight is 232 g/mol. The Morgan fingerprint density at radius 3 is 2.59 bits per heavy atom. The second-order valence-corrected chi connectivity index (χ2v) is 5.00. The van der Waals surface area contributed by atoms with Gasteiger partial charge in [-0.05, 0) is 37.3 Å². The van der Waals surface area contributed by atoms with Gasteiger partial charge < -0.3 is 10.6 Å². The maximum atomic E-state index is 6.29. The average Bonchev–Trinajstić information content (AvgIpc) is 2.40. The van der Waals surface area contributed by atoms with Gasteiger partial charge in [-0.15, -0.1) is 0 Å². The molecule has 17 heavy (non-hydrogen) atoms. The summed E-state index contributed by atoms with van der Waals surface area (Å²) >= 11 is 0. The largest absolute Gasteiger partial charge is 0.371 e. The molecule has 2 heteroatoms. The molecule has 1 aliphatic rings. The Balaban J connectivity index is 2.19. The SMILES string of the molecule is CCC[C@H](N)c1ccccc1N1CCCCC1. The topological polar surface area (TPSA) is 29.3 Å². The molecular formula is C15H24N2. The first kappa shape index (κ1) is 12.4. The number of para-hydroxylation sites is 1. The van der Waals surface area contributed by atoms with Gasteiger partial charge in [-0.2, -0.15) is 0 Å². The first-order chi connectivity index (χ1) is 8.33. The van der Waals surface area contributed by atoms with E-state index in [0.717, 1.165) is 12.8 Å². The highest BCUT2D eigenvalue weighted by Gasteiger charge is 2.16. The van der Waals surface area contributed by atoms with E-state index in [-0.39, 0.29) is 6.04 Å². The molecule has 2 rings (SSSR count). The Morgan fingerprint density at radius 2 is 1.88 bits per heavy atom. The fourth-order valence-electron chi connectivity index (χ4n) is 2.69. The van der Waals surface area contributed by atoms with E-state index in [0.29, 0.717) is 0 Å². The Bertz CT molecular complexity index is 343. The molecule has 1 fully saturated rings. The van der Waals surface area contributed by atoms with Crippen molar-refractivity contribution < 1.29 is 0 Å². The van der Waals surface area contributed by atoms with Crippen molar-refractivity contribution in [2.45, 2.75) is 45.1 Å². The summed E-state index contributed by atoms with van der Waals surface area (Å²) in [4.78, 5) is 2.51. The molecule has 1 aromatic rings. The van der Waals surface area contributed by atoms with Crippen LogP contribution < -0.4 is 10.6 Å². The number of benzene rings is 1. The van der Waals surface area contributed by atoms with E-state index in [1.807, 2.05) is 0 Å². The maximum Gasteiger partial charge on any atom is 0.0414 e. The van der Waals surface area contributed by atoms with Gasteiger partial charge in [0.1, 0.15) is 0 Å². The van der Waals surface area contributed by atoms with E-state index >= 15 is 0 Å². The minimum absolute atomic E-state index is 0.193. The number of nitrogens with zero attached hydrogens (tertiary/aromatic N) is 1. The van der Waals surface area contributed by atoms with Crippen LogP contribution in [-0.2, 0) is 0 Å². The summed E-state index contributed by atoms with van der Waals surface area (Å²) in [5.74, 6) is 0. The van der Waals surface area contributed by atoms with Crippen molar-refractivity contribution in [1.82, 2.24) is 0 Å². The van der Waals surface area contributed by atoms with E-state index in [1.165, 1.54) is 43.6 Å². The van der Waals surface area contributed by atoms with Crippen LogP contribution in [0.3, 0.4) is 0 Å². The van der Waals surface area contributed by atoms with E-state index in [9.17, 15) is 0 Å². The third-order valence-corrected chi connectivity index (χ3v) is 3.63. The molecule has 1 atom stereocenters. The first-order valence-corrected chi connectivity index (χ1v) is 6.92. The predicted molar refractivity (Wildman–Crippen MR) is 74.3 cm³/mol.